The van der Waals surface area contributed by atoms with Crippen LogP contribution in [0.1, 0.15) is 40.7 Å². The molecule has 0 radical (unpaired) electrons. The summed E-state index contributed by atoms with van der Waals surface area (Å²) in [6.07, 6.45) is 6.53. The van der Waals surface area contributed by atoms with Gasteiger partial charge in [0.15, 0.2) is 5.13 Å². The van der Waals surface area contributed by atoms with Crippen LogP contribution in [0.4, 0.5) is 16.5 Å². The highest BCUT2D eigenvalue weighted by Gasteiger charge is 2.27. The molecule has 4 aromatic rings. The van der Waals surface area contributed by atoms with Crippen LogP contribution in [0.25, 0.3) is 10.2 Å². The molecule has 3 heterocycles. The van der Waals surface area contributed by atoms with Gasteiger partial charge in [0.05, 0.1) is 21.7 Å². The minimum absolute atomic E-state index is 0.0426. The lowest BCUT2D eigenvalue weighted by Gasteiger charge is -2.28. The van der Waals surface area contributed by atoms with E-state index in [1.165, 1.54) is 17.4 Å². The number of aromatic nitrogens is 2. The molecule has 9 heteroatoms. The first-order valence-electron chi connectivity index (χ1n) is 11.6. The number of carbonyl (C=O) groups is 1. The van der Waals surface area contributed by atoms with Gasteiger partial charge in [0.2, 0.25) is 0 Å². The zero-order valence-corrected chi connectivity index (χ0v) is 20.2. The molecular formula is C26H25N5O3S. The number of carbonyl (C=O) groups excluding carboxylic acids is 1. The van der Waals surface area contributed by atoms with Crippen molar-refractivity contribution in [2.75, 3.05) is 22.9 Å². The van der Waals surface area contributed by atoms with E-state index in [0.29, 0.717) is 10.8 Å². The van der Waals surface area contributed by atoms with Gasteiger partial charge < -0.3 is 4.90 Å². The van der Waals surface area contributed by atoms with Crippen molar-refractivity contribution in [2.45, 2.75) is 32.7 Å². The number of nitrogens with zero attached hydrogens (tertiary/aromatic N) is 5. The number of piperidine rings is 1. The van der Waals surface area contributed by atoms with Gasteiger partial charge in [0.1, 0.15) is 5.69 Å². The quantitative estimate of drug-likeness (QED) is 0.254. The summed E-state index contributed by atoms with van der Waals surface area (Å²) in [6.45, 7) is 3.84. The fourth-order valence-electron chi connectivity index (χ4n) is 4.40. The summed E-state index contributed by atoms with van der Waals surface area (Å²) in [4.78, 5) is 37.8. The third kappa shape index (κ3) is 4.85. The summed E-state index contributed by atoms with van der Waals surface area (Å²) in [5.74, 6) is -0.335. The fraction of sp³-hybridized carbons (Fsp3) is 0.269. The van der Waals surface area contributed by atoms with Crippen LogP contribution in [-0.4, -0.2) is 33.9 Å². The Balaban J connectivity index is 1.54. The van der Waals surface area contributed by atoms with Gasteiger partial charge in [-0.3, -0.25) is 24.8 Å². The first-order valence-corrected chi connectivity index (χ1v) is 12.4. The van der Waals surface area contributed by atoms with E-state index >= 15 is 0 Å². The average molecular weight is 488 g/mol. The van der Waals surface area contributed by atoms with E-state index in [-0.39, 0.29) is 23.7 Å². The molecule has 1 aliphatic rings. The van der Waals surface area contributed by atoms with Crippen LogP contribution in [0.2, 0.25) is 0 Å². The number of pyridine rings is 1. The SMILES string of the molecule is Cc1ccc2nc(N(Cc3cccnc3)C(=O)c3ccc(N4CCCCC4)c([N+](=O)[O-])c3)sc2c1. The molecule has 5 rings (SSSR count). The molecule has 0 unspecified atom stereocenters. The molecule has 0 atom stereocenters. The summed E-state index contributed by atoms with van der Waals surface area (Å²) in [6, 6.07) is 14.5. The van der Waals surface area contributed by atoms with Crippen molar-refractivity contribution in [3.8, 4) is 0 Å². The molecule has 35 heavy (non-hydrogen) atoms. The Bertz CT molecular complexity index is 1380. The normalized spacial score (nSPS) is 13.7. The van der Waals surface area contributed by atoms with Crippen molar-refractivity contribution in [3.05, 3.63) is 87.7 Å². The molecule has 1 saturated heterocycles. The van der Waals surface area contributed by atoms with Crippen molar-refractivity contribution in [1.29, 1.82) is 0 Å². The summed E-state index contributed by atoms with van der Waals surface area (Å²) in [5, 5.41) is 12.5. The van der Waals surface area contributed by atoms with Gasteiger partial charge in [0.25, 0.3) is 11.6 Å². The lowest BCUT2D eigenvalue weighted by Crippen LogP contribution is -2.31. The van der Waals surface area contributed by atoms with Gasteiger partial charge in [-0.2, -0.15) is 0 Å². The third-order valence-electron chi connectivity index (χ3n) is 6.19. The Morgan fingerprint density at radius 1 is 1.14 bits per heavy atom. The molecule has 0 bridgehead atoms. The maximum atomic E-state index is 13.8. The predicted molar refractivity (Wildman–Crippen MR) is 138 cm³/mol. The topological polar surface area (TPSA) is 92.5 Å². The minimum atomic E-state index is -0.396. The Morgan fingerprint density at radius 3 is 2.71 bits per heavy atom. The maximum Gasteiger partial charge on any atom is 0.293 e. The van der Waals surface area contributed by atoms with Crippen LogP contribution in [0.15, 0.2) is 60.9 Å². The van der Waals surface area contributed by atoms with Gasteiger partial charge in [-0.05, 0) is 67.6 Å². The van der Waals surface area contributed by atoms with E-state index < -0.39 is 4.92 Å². The zero-order chi connectivity index (χ0) is 24.4. The van der Waals surface area contributed by atoms with Crippen LogP contribution in [-0.2, 0) is 6.54 Å². The number of amides is 1. The molecule has 1 aliphatic heterocycles. The second-order valence-electron chi connectivity index (χ2n) is 8.73. The molecule has 2 aromatic heterocycles. The Hall–Kier alpha value is -3.85. The van der Waals surface area contributed by atoms with Gasteiger partial charge in [-0.15, -0.1) is 0 Å². The molecule has 1 fully saturated rings. The van der Waals surface area contributed by atoms with E-state index in [2.05, 4.69) is 4.98 Å². The molecule has 2 aromatic carbocycles. The van der Waals surface area contributed by atoms with E-state index in [1.807, 2.05) is 42.2 Å². The standard InChI is InChI=1S/C26H25N5O3S/c1-18-7-9-21-24(14-18)35-26(28-21)30(17-19-6-5-11-27-16-19)25(32)20-8-10-22(23(15-20)31(33)34)29-12-3-2-4-13-29/h5-11,14-16H,2-4,12-13,17H2,1H3. The van der Waals surface area contributed by atoms with Crippen LogP contribution < -0.4 is 9.80 Å². The van der Waals surface area contributed by atoms with Crippen molar-refractivity contribution in [2.24, 2.45) is 0 Å². The fourth-order valence-corrected chi connectivity index (χ4v) is 5.46. The molecule has 0 aliphatic carbocycles. The van der Waals surface area contributed by atoms with Crippen LogP contribution in [0.5, 0.6) is 0 Å². The number of hydrogen-bond donors (Lipinski definition) is 0. The third-order valence-corrected chi connectivity index (χ3v) is 7.23. The number of benzene rings is 2. The lowest BCUT2D eigenvalue weighted by molar-refractivity contribution is -0.384. The number of nitro benzene ring substituents is 1. The van der Waals surface area contributed by atoms with Gasteiger partial charge in [-0.1, -0.05) is 23.5 Å². The molecule has 0 spiro atoms. The molecule has 0 N–H and O–H groups in total. The Labute approximate surface area is 207 Å². The number of fused-ring (bicyclic) bond motifs is 1. The monoisotopic (exact) mass is 487 g/mol. The maximum absolute atomic E-state index is 13.8. The number of aryl methyl sites for hydroxylation is 1. The average Bonchev–Trinajstić information content (AvgIpc) is 3.30. The van der Waals surface area contributed by atoms with Crippen LogP contribution in [0, 0.1) is 17.0 Å². The second kappa shape index (κ2) is 9.79. The Kier molecular flexibility index (Phi) is 6.41. The number of rotatable bonds is 6. The predicted octanol–water partition coefficient (Wildman–Crippen LogP) is 5.75. The first kappa shape index (κ1) is 22.9. The summed E-state index contributed by atoms with van der Waals surface area (Å²) < 4.78 is 0.982. The number of hydrogen-bond acceptors (Lipinski definition) is 7. The number of anilines is 2. The van der Waals surface area contributed by atoms with Gasteiger partial charge in [0, 0.05) is 37.1 Å². The smallest absolute Gasteiger partial charge is 0.293 e. The van der Waals surface area contributed by atoms with Crippen molar-refractivity contribution in [3.63, 3.8) is 0 Å². The zero-order valence-electron chi connectivity index (χ0n) is 19.4. The minimum Gasteiger partial charge on any atom is -0.366 e. The van der Waals surface area contributed by atoms with Crippen LogP contribution in [0.3, 0.4) is 0 Å². The molecule has 1 amide bonds. The molecule has 0 saturated carbocycles. The van der Waals surface area contributed by atoms with E-state index in [4.69, 9.17) is 4.98 Å². The summed E-state index contributed by atoms with van der Waals surface area (Å²) in [5.41, 5.74) is 3.56. The first-order chi connectivity index (χ1) is 17.0. The van der Waals surface area contributed by atoms with Crippen molar-refractivity contribution in [1.82, 2.24) is 9.97 Å². The summed E-state index contributed by atoms with van der Waals surface area (Å²) in [7, 11) is 0. The van der Waals surface area contributed by atoms with Crippen LogP contribution >= 0.6 is 11.3 Å². The van der Waals surface area contributed by atoms with Crippen molar-refractivity contribution >= 4 is 44.0 Å². The van der Waals surface area contributed by atoms with Crippen molar-refractivity contribution < 1.29 is 9.72 Å². The lowest BCUT2D eigenvalue weighted by atomic mass is 10.1. The summed E-state index contributed by atoms with van der Waals surface area (Å²) >= 11 is 1.43. The number of thiazole rings is 1. The number of nitro groups is 1. The molecular weight excluding hydrogens is 462 g/mol. The highest BCUT2D eigenvalue weighted by atomic mass is 32.1. The highest BCUT2D eigenvalue weighted by molar-refractivity contribution is 7.22. The molecule has 178 valence electrons. The van der Waals surface area contributed by atoms with Gasteiger partial charge >= 0.3 is 0 Å². The largest absolute Gasteiger partial charge is 0.366 e. The van der Waals surface area contributed by atoms with E-state index in [1.54, 1.807) is 29.4 Å². The highest BCUT2D eigenvalue weighted by Crippen LogP contribution is 2.34. The van der Waals surface area contributed by atoms with E-state index in [9.17, 15) is 14.9 Å². The molecule has 8 nitrogen and oxygen atoms in total. The van der Waals surface area contributed by atoms with Gasteiger partial charge in [-0.25, -0.2) is 4.98 Å². The second-order valence-corrected chi connectivity index (χ2v) is 9.74. The Morgan fingerprint density at radius 2 is 1.97 bits per heavy atom. The van der Waals surface area contributed by atoms with E-state index in [0.717, 1.165) is 53.7 Å².